The Hall–Kier alpha value is -0.870. The van der Waals surface area contributed by atoms with Crippen molar-refractivity contribution in [2.75, 3.05) is 0 Å². The van der Waals surface area contributed by atoms with Gasteiger partial charge in [0, 0.05) is 4.47 Å². The fourth-order valence-electron chi connectivity index (χ4n) is 1.15. The summed E-state index contributed by atoms with van der Waals surface area (Å²) in [6.45, 7) is 2.18. The van der Waals surface area contributed by atoms with E-state index in [1.165, 1.54) is 0 Å². The summed E-state index contributed by atoms with van der Waals surface area (Å²) in [5, 5.41) is 8.55. The third-order valence-corrected chi connectivity index (χ3v) is 2.72. The van der Waals surface area contributed by atoms with E-state index in [0.29, 0.717) is 6.61 Å². The molecule has 0 heterocycles. The number of halogens is 1. The van der Waals surface area contributed by atoms with E-state index < -0.39 is 5.97 Å². The SMILES string of the molecule is C[C@H](CC(=O)O)OCc1ccccc1Br. The van der Waals surface area contributed by atoms with Crippen LogP contribution in [0.5, 0.6) is 0 Å². The van der Waals surface area contributed by atoms with Crippen LogP contribution >= 0.6 is 15.9 Å². The standard InChI is InChI=1S/C11H13BrO3/c1-8(6-11(13)14)15-7-9-4-2-3-5-10(9)12/h2-5,8H,6-7H2,1H3,(H,13,14)/t8-/m1/s1. The van der Waals surface area contributed by atoms with Gasteiger partial charge in [0.25, 0.3) is 0 Å². The number of hydrogen-bond acceptors (Lipinski definition) is 2. The molecular formula is C11H13BrO3. The maximum atomic E-state index is 10.4. The van der Waals surface area contributed by atoms with Gasteiger partial charge in [0.05, 0.1) is 19.1 Å². The molecule has 0 amide bonds. The van der Waals surface area contributed by atoms with Crippen LogP contribution in [0.15, 0.2) is 28.7 Å². The first kappa shape index (κ1) is 12.2. The summed E-state index contributed by atoms with van der Waals surface area (Å²) in [7, 11) is 0. The molecule has 0 unspecified atom stereocenters. The van der Waals surface area contributed by atoms with Crippen molar-refractivity contribution in [1.29, 1.82) is 0 Å². The minimum absolute atomic E-state index is 0.0322. The highest BCUT2D eigenvalue weighted by Gasteiger charge is 2.08. The lowest BCUT2D eigenvalue weighted by atomic mass is 10.2. The number of aliphatic carboxylic acids is 1. The van der Waals surface area contributed by atoms with Gasteiger partial charge < -0.3 is 9.84 Å². The Morgan fingerprint density at radius 1 is 1.53 bits per heavy atom. The highest BCUT2D eigenvalue weighted by Crippen LogP contribution is 2.17. The van der Waals surface area contributed by atoms with Crippen molar-refractivity contribution in [2.24, 2.45) is 0 Å². The molecule has 0 aliphatic heterocycles. The molecule has 1 aromatic rings. The summed E-state index contributed by atoms with van der Waals surface area (Å²) >= 11 is 3.40. The van der Waals surface area contributed by atoms with Gasteiger partial charge in [-0.05, 0) is 18.6 Å². The quantitative estimate of drug-likeness (QED) is 0.897. The second-order valence-corrected chi connectivity index (χ2v) is 4.17. The van der Waals surface area contributed by atoms with E-state index in [4.69, 9.17) is 9.84 Å². The summed E-state index contributed by atoms with van der Waals surface area (Å²) in [5.74, 6) is -0.838. The number of rotatable bonds is 5. The average molecular weight is 273 g/mol. The lowest BCUT2D eigenvalue weighted by molar-refractivity contribution is -0.140. The molecule has 1 atom stereocenters. The third-order valence-electron chi connectivity index (χ3n) is 1.94. The molecule has 0 spiro atoms. The highest BCUT2D eigenvalue weighted by molar-refractivity contribution is 9.10. The van der Waals surface area contributed by atoms with Crippen LogP contribution in [0.4, 0.5) is 0 Å². The van der Waals surface area contributed by atoms with Gasteiger partial charge in [0.15, 0.2) is 0 Å². The molecule has 0 aliphatic rings. The van der Waals surface area contributed by atoms with Crippen molar-refractivity contribution in [3.63, 3.8) is 0 Å². The van der Waals surface area contributed by atoms with Gasteiger partial charge in [-0.25, -0.2) is 0 Å². The molecule has 1 N–H and O–H groups in total. The predicted octanol–water partition coefficient (Wildman–Crippen LogP) is 2.83. The molecule has 0 aromatic heterocycles. The number of carboxylic acid groups (broad SMARTS) is 1. The molecular weight excluding hydrogens is 260 g/mol. The van der Waals surface area contributed by atoms with Crippen molar-refractivity contribution < 1.29 is 14.6 Å². The monoisotopic (exact) mass is 272 g/mol. The average Bonchev–Trinajstić information content (AvgIpc) is 2.15. The van der Waals surface area contributed by atoms with E-state index in [0.717, 1.165) is 10.0 Å². The van der Waals surface area contributed by atoms with E-state index in [1.54, 1.807) is 6.92 Å². The molecule has 0 aliphatic carbocycles. The molecule has 0 saturated carbocycles. The summed E-state index contributed by atoms with van der Waals surface area (Å²) in [5.41, 5.74) is 1.02. The first-order valence-corrected chi connectivity index (χ1v) is 5.45. The maximum absolute atomic E-state index is 10.4. The van der Waals surface area contributed by atoms with Gasteiger partial charge in [-0.1, -0.05) is 34.1 Å². The van der Waals surface area contributed by atoms with Gasteiger partial charge in [-0.15, -0.1) is 0 Å². The Balaban J connectivity index is 2.43. The van der Waals surface area contributed by atoms with Crippen LogP contribution in [0.3, 0.4) is 0 Å². The van der Waals surface area contributed by atoms with Crippen LogP contribution in [0.1, 0.15) is 18.9 Å². The van der Waals surface area contributed by atoms with E-state index in [1.807, 2.05) is 24.3 Å². The molecule has 0 saturated heterocycles. The largest absolute Gasteiger partial charge is 0.481 e. The van der Waals surface area contributed by atoms with Crippen molar-refractivity contribution in [3.8, 4) is 0 Å². The van der Waals surface area contributed by atoms with Crippen LogP contribution < -0.4 is 0 Å². The number of carbonyl (C=O) groups is 1. The van der Waals surface area contributed by atoms with Gasteiger partial charge in [0.2, 0.25) is 0 Å². The van der Waals surface area contributed by atoms with Gasteiger partial charge in [-0.2, -0.15) is 0 Å². The first-order chi connectivity index (χ1) is 7.09. The smallest absolute Gasteiger partial charge is 0.305 e. The zero-order valence-electron chi connectivity index (χ0n) is 8.44. The topological polar surface area (TPSA) is 46.5 Å². The molecule has 82 valence electrons. The van der Waals surface area contributed by atoms with E-state index in [2.05, 4.69) is 15.9 Å². The van der Waals surface area contributed by atoms with Gasteiger partial charge in [0.1, 0.15) is 0 Å². The number of carboxylic acids is 1. The molecule has 1 aromatic carbocycles. The minimum atomic E-state index is -0.838. The van der Waals surface area contributed by atoms with Crippen LogP contribution in [0.2, 0.25) is 0 Å². The van der Waals surface area contributed by atoms with Crippen LogP contribution in [0, 0.1) is 0 Å². The van der Waals surface area contributed by atoms with Crippen molar-refractivity contribution in [1.82, 2.24) is 0 Å². The second-order valence-electron chi connectivity index (χ2n) is 3.31. The minimum Gasteiger partial charge on any atom is -0.481 e. The fraction of sp³-hybridized carbons (Fsp3) is 0.364. The van der Waals surface area contributed by atoms with Crippen LogP contribution in [0.25, 0.3) is 0 Å². The van der Waals surface area contributed by atoms with Crippen molar-refractivity contribution in [3.05, 3.63) is 34.3 Å². The third kappa shape index (κ3) is 4.44. The van der Waals surface area contributed by atoms with Crippen molar-refractivity contribution in [2.45, 2.75) is 26.1 Å². The van der Waals surface area contributed by atoms with E-state index in [9.17, 15) is 4.79 Å². The second kappa shape index (κ2) is 5.88. The molecule has 1 rings (SSSR count). The fourth-order valence-corrected chi connectivity index (χ4v) is 1.55. The zero-order chi connectivity index (χ0) is 11.3. The molecule has 15 heavy (non-hydrogen) atoms. The first-order valence-electron chi connectivity index (χ1n) is 4.66. The summed E-state index contributed by atoms with van der Waals surface area (Å²) < 4.78 is 6.39. The summed E-state index contributed by atoms with van der Waals surface area (Å²) in [6, 6.07) is 7.72. The Labute approximate surface area is 97.2 Å². The molecule has 0 radical (unpaired) electrons. The Morgan fingerprint density at radius 3 is 2.80 bits per heavy atom. The highest BCUT2D eigenvalue weighted by atomic mass is 79.9. The summed E-state index contributed by atoms with van der Waals surface area (Å²) in [4.78, 5) is 10.4. The molecule has 4 heteroatoms. The van der Waals surface area contributed by atoms with E-state index in [-0.39, 0.29) is 12.5 Å². The lowest BCUT2D eigenvalue weighted by Crippen LogP contribution is -2.13. The van der Waals surface area contributed by atoms with Crippen LogP contribution in [-0.4, -0.2) is 17.2 Å². The van der Waals surface area contributed by atoms with Gasteiger partial charge in [-0.3, -0.25) is 4.79 Å². The number of hydrogen-bond donors (Lipinski definition) is 1. The predicted molar refractivity (Wildman–Crippen MR) is 60.6 cm³/mol. The molecule has 0 bridgehead atoms. The Bertz CT molecular complexity index is 338. The van der Waals surface area contributed by atoms with Crippen LogP contribution in [-0.2, 0) is 16.1 Å². The zero-order valence-corrected chi connectivity index (χ0v) is 10.0. The lowest BCUT2D eigenvalue weighted by Gasteiger charge is -2.11. The molecule has 0 fully saturated rings. The number of benzene rings is 1. The summed E-state index contributed by atoms with van der Waals surface area (Å²) in [6.07, 6.45) is -0.237. The maximum Gasteiger partial charge on any atom is 0.305 e. The Morgan fingerprint density at radius 2 is 2.20 bits per heavy atom. The normalized spacial score (nSPS) is 12.4. The number of ether oxygens (including phenoxy) is 1. The van der Waals surface area contributed by atoms with E-state index >= 15 is 0 Å². The van der Waals surface area contributed by atoms with Crippen molar-refractivity contribution >= 4 is 21.9 Å². The molecule has 3 nitrogen and oxygen atoms in total. The Kier molecular flexibility index (Phi) is 4.78. The van der Waals surface area contributed by atoms with Gasteiger partial charge >= 0.3 is 5.97 Å².